The van der Waals surface area contributed by atoms with Gasteiger partial charge in [0.15, 0.2) is 5.78 Å². The number of H-pyrrole nitrogens is 1. The Morgan fingerprint density at radius 2 is 2.06 bits per heavy atom. The highest BCUT2D eigenvalue weighted by molar-refractivity contribution is 6.20. The fraction of sp³-hybridized carbons (Fsp3) is 0.231. The zero-order valence-electron chi connectivity index (χ0n) is 18.7. The first-order valence-electron chi connectivity index (χ1n) is 10.6. The molecule has 1 heterocycles. The van der Waals surface area contributed by atoms with Gasteiger partial charge in [-0.3, -0.25) is 14.6 Å². The van der Waals surface area contributed by atoms with Crippen molar-refractivity contribution in [2.24, 2.45) is 10.7 Å². The number of carbonyl (C=O) groups excluding carboxylic acids is 1. The molecular formula is C26H24N4O3. The van der Waals surface area contributed by atoms with Crippen LogP contribution in [-0.4, -0.2) is 34.6 Å². The van der Waals surface area contributed by atoms with Crippen molar-refractivity contribution in [2.75, 3.05) is 6.54 Å². The van der Waals surface area contributed by atoms with E-state index >= 15 is 0 Å². The van der Waals surface area contributed by atoms with E-state index in [0.717, 1.165) is 33.3 Å². The molecule has 0 unspecified atom stereocenters. The largest absolute Gasteiger partial charge is 0.480 e. The number of nitrogens with two attached hydrogens (primary N) is 1. The number of nitrogens with zero attached hydrogens (tertiary/aromatic N) is 2. The van der Waals surface area contributed by atoms with Gasteiger partial charge in [-0.05, 0) is 47.4 Å². The summed E-state index contributed by atoms with van der Waals surface area (Å²) in [4.78, 5) is 31.9. The normalized spacial score (nSPS) is 14.8. The zero-order chi connectivity index (χ0) is 23.9. The molecule has 3 aromatic rings. The summed E-state index contributed by atoms with van der Waals surface area (Å²) in [5.74, 6) is -1.09. The number of aromatic nitrogens is 1. The third-order valence-corrected chi connectivity index (χ3v) is 6.27. The van der Waals surface area contributed by atoms with Crippen molar-refractivity contribution in [3.8, 4) is 6.07 Å². The molecule has 0 fully saturated rings. The number of carboxylic acid groups (broad SMARTS) is 1. The van der Waals surface area contributed by atoms with Crippen LogP contribution in [0.2, 0.25) is 0 Å². The first-order chi connectivity index (χ1) is 15.7. The summed E-state index contributed by atoms with van der Waals surface area (Å²) in [6, 6.07) is 11.3. The molecule has 0 radical (unpaired) electrons. The Bertz CT molecular complexity index is 1420. The molecular weight excluding hydrogens is 416 g/mol. The van der Waals surface area contributed by atoms with E-state index in [-0.39, 0.29) is 12.3 Å². The number of aromatic amines is 1. The Morgan fingerprint density at radius 3 is 2.70 bits per heavy atom. The maximum atomic E-state index is 13.7. The molecule has 0 saturated heterocycles. The molecule has 0 atom stereocenters. The number of aliphatic imine (C=N–C) groups is 1. The van der Waals surface area contributed by atoms with Crippen LogP contribution in [0.5, 0.6) is 0 Å². The monoisotopic (exact) mass is 440 g/mol. The Labute approximate surface area is 191 Å². The number of hydrogen-bond acceptors (Lipinski definition) is 5. The van der Waals surface area contributed by atoms with Gasteiger partial charge in [-0.15, -0.1) is 0 Å². The number of fused-ring (bicyclic) bond motifs is 4. The van der Waals surface area contributed by atoms with Crippen molar-refractivity contribution in [2.45, 2.75) is 32.6 Å². The highest BCUT2D eigenvalue weighted by Crippen LogP contribution is 2.45. The minimum absolute atomic E-state index is 0.0608. The number of ketones is 1. The second-order valence-corrected chi connectivity index (χ2v) is 8.60. The van der Waals surface area contributed by atoms with Gasteiger partial charge in [-0.2, -0.15) is 5.26 Å². The van der Waals surface area contributed by atoms with E-state index in [0.29, 0.717) is 28.7 Å². The highest BCUT2D eigenvalue weighted by atomic mass is 16.4. The van der Waals surface area contributed by atoms with Gasteiger partial charge >= 0.3 is 5.97 Å². The molecule has 4 N–H and O–H groups in total. The molecule has 2 aromatic carbocycles. The number of nitrogens with one attached hydrogen (secondary N) is 1. The fourth-order valence-corrected chi connectivity index (χ4v) is 4.58. The van der Waals surface area contributed by atoms with E-state index in [2.05, 4.69) is 29.9 Å². The van der Waals surface area contributed by atoms with Crippen molar-refractivity contribution in [1.82, 2.24) is 4.98 Å². The average molecular weight is 441 g/mol. The summed E-state index contributed by atoms with van der Waals surface area (Å²) < 4.78 is 0. The van der Waals surface area contributed by atoms with Gasteiger partial charge in [0.05, 0.1) is 17.2 Å². The molecule has 33 heavy (non-hydrogen) atoms. The van der Waals surface area contributed by atoms with Crippen LogP contribution in [0.1, 0.15) is 64.6 Å². The van der Waals surface area contributed by atoms with Crippen LogP contribution in [0.4, 0.5) is 0 Å². The zero-order valence-corrected chi connectivity index (χ0v) is 18.7. The second kappa shape index (κ2) is 8.06. The summed E-state index contributed by atoms with van der Waals surface area (Å²) in [6.07, 6.45) is 3.53. The lowest BCUT2D eigenvalue weighted by Crippen LogP contribution is -2.31. The van der Waals surface area contributed by atoms with Crippen molar-refractivity contribution in [3.05, 3.63) is 75.6 Å². The quantitative estimate of drug-likeness (QED) is 0.517. The number of allylic oxidation sites excluding steroid dienone is 1. The number of rotatable bonds is 5. The van der Waals surface area contributed by atoms with Crippen molar-refractivity contribution in [1.29, 1.82) is 5.26 Å². The van der Waals surface area contributed by atoms with E-state index in [4.69, 9.17) is 10.8 Å². The van der Waals surface area contributed by atoms with E-state index in [1.807, 2.05) is 25.1 Å². The molecule has 7 nitrogen and oxygen atoms in total. The summed E-state index contributed by atoms with van der Waals surface area (Å²) in [5, 5.41) is 19.0. The van der Waals surface area contributed by atoms with E-state index in [1.165, 1.54) is 12.4 Å². The fourth-order valence-electron chi connectivity index (χ4n) is 4.58. The van der Waals surface area contributed by atoms with Crippen LogP contribution in [0.15, 0.2) is 41.5 Å². The van der Waals surface area contributed by atoms with E-state index < -0.39 is 11.4 Å². The maximum absolute atomic E-state index is 13.7. The number of nitriles is 1. The summed E-state index contributed by atoms with van der Waals surface area (Å²) in [5.41, 5.74) is 11.9. The molecule has 0 saturated carbocycles. The van der Waals surface area contributed by atoms with Crippen LogP contribution in [0.25, 0.3) is 16.5 Å². The number of aryl methyl sites for hydroxylation is 1. The molecule has 0 spiro atoms. The van der Waals surface area contributed by atoms with Crippen LogP contribution < -0.4 is 5.73 Å². The summed E-state index contributed by atoms with van der Waals surface area (Å²) in [7, 11) is 0. The smallest absolute Gasteiger partial charge is 0.325 e. The number of aliphatic carboxylic acids is 1. The van der Waals surface area contributed by atoms with Gasteiger partial charge in [0.2, 0.25) is 0 Å². The maximum Gasteiger partial charge on any atom is 0.325 e. The molecule has 0 amide bonds. The average Bonchev–Trinajstić information content (AvgIpc) is 3.19. The molecule has 0 aliphatic heterocycles. The van der Waals surface area contributed by atoms with Crippen molar-refractivity contribution >= 4 is 34.4 Å². The van der Waals surface area contributed by atoms with Gasteiger partial charge in [-0.1, -0.05) is 26.8 Å². The predicted molar refractivity (Wildman–Crippen MR) is 128 cm³/mol. The molecule has 166 valence electrons. The van der Waals surface area contributed by atoms with E-state index in [1.54, 1.807) is 12.1 Å². The minimum atomic E-state index is -1.03. The number of carboxylic acids is 1. The second-order valence-electron chi connectivity index (χ2n) is 8.60. The lowest BCUT2D eigenvalue weighted by Gasteiger charge is -2.33. The highest BCUT2D eigenvalue weighted by Gasteiger charge is 2.40. The third kappa shape index (κ3) is 3.50. The predicted octanol–water partition coefficient (Wildman–Crippen LogP) is 3.93. The standard InChI is InChI=1S/C26H24N4O3/c1-4-15-8-19-20(9-18(15)16(11-28)12-29-13-22(31)32)26(2,3)25-23(24(19)33)17-6-5-14(10-27)7-21(17)30-25/h5-9,11-12,30H,4,13,28H2,1-3H3,(H,31,32). The first-order valence-corrected chi connectivity index (χ1v) is 10.6. The van der Waals surface area contributed by atoms with Gasteiger partial charge in [-0.25, -0.2) is 0 Å². The molecule has 1 aromatic heterocycles. The van der Waals surface area contributed by atoms with Gasteiger partial charge in [0.25, 0.3) is 0 Å². The molecule has 0 bridgehead atoms. The first kappa shape index (κ1) is 22.0. The Hall–Kier alpha value is -4.18. The van der Waals surface area contributed by atoms with Crippen LogP contribution >= 0.6 is 0 Å². The summed E-state index contributed by atoms with van der Waals surface area (Å²) >= 11 is 0. The topological polar surface area (TPSA) is 132 Å². The molecule has 7 heteroatoms. The summed E-state index contributed by atoms with van der Waals surface area (Å²) in [6.45, 7) is 5.75. The van der Waals surface area contributed by atoms with Crippen LogP contribution in [0, 0.1) is 11.3 Å². The number of carbonyl (C=O) groups is 2. The lowest BCUT2D eigenvalue weighted by molar-refractivity contribution is -0.135. The molecule has 1 aliphatic carbocycles. The van der Waals surface area contributed by atoms with Crippen molar-refractivity contribution in [3.63, 3.8) is 0 Å². The molecule has 1 aliphatic rings. The van der Waals surface area contributed by atoms with E-state index in [9.17, 15) is 14.9 Å². The minimum Gasteiger partial charge on any atom is -0.480 e. The number of benzene rings is 2. The van der Waals surface area contributed by atoms with Gasteiger partial charge in [0.1, 0.15) is 6.54 Å². The van der Waals surface area contributed by atoms with Gasteiger partial charge < -0.3 is 15.8 Å². The Kier molecular flexibility index (Phi) is 5.38. The Balaban J connectivity index is 1.93. The van der Waals surface area contributed by atoms with Gasteiger partial charge in [0, 0.05) is 45.6 Å². The lowest BCUT2D eigenvalue weighted by atomic mass is 9.70. The van der Waals surface area contributed by atoms with Crippen LogP contribution in [0.3, 0.4) is 0 Å². The SMILES string of the molecule is CCc1cc2c(cc1C(C=NCC(=O)O)=CN)C(C)(C)c1[nH]c3cc(C#N)ccc3c1C2=O. The number of hydrogen-bond donors (Lipinski definition) is 3. The van der Waals surface area contributed by atoms with Crippen molar-refractivity contribution < 1.29 is 14.7 Å². The Morgan fingerprint density at radius 1 is 1.30 bits per heavy atom. The molecule has 4 rings (SSSR count). The van der Waals surface area contributed by atoms with Crippen LogP contribution in [-0.2, 0) is 16.6 Å². The third-order valence-electron chi connectivity index (χ3n) is 6.27.